The van der Waals surface area contributed by atoms with Gasteiger partial charge in [-0.3, -0.25) is 0 Å². The molecule has 0 atom stereocenters. The Balaban J connectivity index is 1.80. The number of ether oxygens (including phenoxy) is 1. The van der Waals surface area contributed by atoms with Gasteiger partial charge in [-0.05, 0) is 34.8 Å². The van der Waals surface area contributed by atoms with Crippen LogP contribution in [-0.2, 0) is 17.8 Å². The van der Waals surface area contributed by atoms with E-state index in [0.717, 1.165) is 11.1 Å². The van der Waals surface area contributed by atoms with Gasteiger partial charge in [0.1, 0.15) is 4.88 Å². The van der Waals surface area contributed by atoms with Crippen LogP contribution in [0.5, 0.6) is 0 Å². The SMILES string of the molecule is COC(=O)c1sccc1NC(=S)N(Cc1ccccc1)Cc1ccccc1. The first-order valence-electron chi connectivity index (χ1n) is 8.47. The van der Waals surface area contributed by atoms with E-state index in [4.69, 9.17) is 17.0 Å². The lowest BCUT2D eigenvalue weighted by Crippen LogP contribution is -2.34. The van der Waals surface area contributed by atoms with Crippen LogP contribution < -0.4 is 5.32 Å². The number of benzene rings is 2. The van der Waals surface area contributed by atoms with Gasteiger partial charge in [-0.1, -0.05) is 60.7 Å². The van der Waals surface area contributed by atoms with Crippen LogP contribution >= 0.6 is 23.6 Å². The Kier molecular flexibility index (Phi) is 6.57. The van der Waals surface area contributed by atoms with Crippen molar-refractivity contribution in [2.45, 2.75) is 13.1 Å². The maximum absolute atomic E-state index is 11.9. The van der Waals surface area contributed by atoms with E-state index in [1.54, 1.807) is 0 Å². The number of methoxy groups -OCH3 is 1. The van der Waals surface area contributed by atoms with Crippen molar-refractivity contribution in [1.82, 2.24) is 4.90 Å². The average Bonchev–Trinajstić information content (AvgIpc) is 3.16. The lowest BCUT2D eigenvalue weighted by molar-refractivity contribution is 0.0607. The fraction of sp³-hybridized carbons (Fsp3) is 0.143. The van der Waals surface area contributed by atoms with Gasteiger partial charge >= 0.3 is 5.97 Å². The molecule has 4 nitrogen and oxygen atoms in total. The Bertz CT molecular complexity index is 853. The number of hydrogen-bond donors (Lipinski definition) is 1. The van der Waals surface area contributed by atoms with Crippen LogP contribution in [0.15, 0.2) is 72.1 Å². The maximum Gasteiger partial charge on any atom is 0.350 e. The number of hydrogen-bond acceptors (Lipinski definition) is 4. The third-order valence-electron chi connectivity index (χ3n) is 4.00. The van der Waals surface area contributed by atoms with Crippen molar-refractivity contribution in [3.05, 3.63) is 88.1 Å². The molecule has 0 saturated heterocycles. The van der Waals surface area contributed by atoms with E-state index in [-0.39, 0.29) is 5.97 Å². The highest BCUT2D eigenvalue weighted by Crippen LogP contribution is 2.24. The highest BCUT2D eigenvalue weighted by Gasteiger charge is 2.17. The highest BCUT2D eigenvalue weighted by atomic mass is 32.1. The van der Waals surface area contributed by atoms with Gasteiger partial charge in [0, 0.05) is 13.1 Å². The van der Waals surface area contributed by atoms with Crippen molar-refractivity contribution in [2.75, 3.05) is 12.4 Å². The smallest absolute Gasteiger partial charge is 0.350 e. The Morgan fingerprint density at radius 2 is 1.56 bits per heavy atom. The van der Waals surface area contributed by atoms with Gasteiger partial charge in [0.15, 0.2) is 5.11 Å². The lowest BCUT2D eigenvalue weighted by atomic mass is 10.2. The molecule has 0 aliphatic carbocycles. The summed E-state index contributed by atoms with van der Waals surface area (Å²) in [5, 5.41) is 5.62. The Morgan fingerprint density at radius 1 is 1.00 bits per heavy atom. The molecule has 1 aromatic heterocycles. The van der Waals surface area contributed by atoms with Gasteiger partial charge < -0.3 is 15.0 Å². The summed E-state index contributed by atoms with van der Waals surface area (Å²) in [7, 11) is 1.38. The molecule has 3 aromatic rings. The quantitative estimate of drug-likeness (QED) is 0.472. The van der Waals surface area contributed by atoms with E-state index in [1.165, 1.54) is 18.4 Å². The second kappa shape index (κ2) is 9.30. The van der Waals surface area contributed by atoms with E-state index in [2.05, 4.69) is 34.5 Å². The van der Waals surface area contributed by atoms with Gasteiger partial charge in [0.25, 0.3) is 0 Å². The molecular formula is C21H20N2O2S2. The fourth-order valence-electron chi connectivity index (χ4n) is 2.66. The Hall–Kier alpha value is -2.70. The first-order chi connectivity index (χ1) is 13.2. The molecule has 6 heteroatoms. The number of rotatable bonds is 6. The van der Waals surface area contributed by atoms with Crippen molar-refractivity contribution in [3.63, 3.8) is 0 Å². The van der Waals surface area contributed by atoms with Crippen LogP contribution in [-0.4, -0.2) is 23.1 Å². The molecule has 0 aliphatic heterocycles. The molecular weight excluding hydrogens is 376 g/mol. The summed E-state index contributed by atoms with van der Waals surface area (Å²) in [6, 6.07) is 22.2. The number of thiophene rings is 1. The summed E-state index contributed by atoms with van der Waals surface area (Å²) in [6.07, 6.45) is 0. The van der Waals surface area contributed by atoms with E-state index < -0.39 is 0 Å². The molecule has 0 bridgehead atoms. The molecule has 0 fully saturated rings. The number of esters is 1. The molecule has 0 saturated carbocycles. The van der Waals surface area contributed by atoms with Gasteiger partial charge in [-0.2, -0.15) is 0 Å². The Labute approximate surface area is 168 Å². The van der Waals surface area contributed by atoms with Crippen molar-refractivity contribution in [2.24, 2.45) is 0 Å². The second-order valence-corrected chi connectivity index (χ2v) is 7.22. The summed E-state index contributed by atoms with van der Waals surface area (Å²) < 4.78 is 4.84. The number of anilines is 1. The van der Waals surface area contributed by atoms with E-state index in [0.29, 0.717) is 28.8 Å². The van der Waals surface area contributed by atoms with Gasteiger partial charge in [-0.15, -0.1) is 11.3 Å². The van der Waals surface area contributed by atoms with Crippen LogP contribution in [0, 0.1) is 0 Å². The molecule has 1 N–H and O–H groups in total. The van der Waals surface area contributed by atoms with E-state index in [1.807, 2.05) is 47.8 Å². The molecule has 0 amide bonds. The number of carbonyl (C=O) groups is 1. The molecule has 1 heterocycles. The third kappa shape index (κ3) is 5.15. The lowest BCUT2D eigenvalue weighted by Gasteiger charge is -2.26. The first-order valence-corrected chi connectivity index (χ1v) is 9.75. The maximum atomic E-state index is 11.9. The fourth-order valence-corrected chi connectivity index (χ4v) is 3.66. The zero-order valence-electron chi connectivity index (χ0n) is 14.9. The summed E-state index contributed by atoms with van der Waals surface area (Å²) in [5.41, 5.74) is 3.00. The van der Waals surface area contributed by atoms with Crippen molar-refractivity contribution >= 4 is 40.3 Å². The minimum Gasteiger partial charge on any atom is -0.465 e. The van der Waals surface area contributed by atoms with Crippen LogP contribution in [0.1, 0.15) is 20.8 Å². The predicted molar refractivity (Wildman–Crippen MR) is 114 cm³/mol. The molecule has 138 valence electrons. The molecule has 2 aromatic carbocycles. The van der Waals surface area contributed by atoms with Crippen LogP contribution in [0.25, 0.3) is 0 Å². The van der Waals surface area contributed by atoms with Crippen LogP contribution in [0.3, 0.4) is 0 Å². The monoisotopic (exact) mass is 396 g/mol. The molecule has 0 unspecified atom stereocenters. The highest BCUT2D eigenvalue weighted by molar-refractivity contribution is 7.80. The molecule has 0 aliphatic rings. The molecule has 27 heavy (non-hydrogen) atoms. The van der Waals surface area contributed by atoms with Crippen molar-refractivity contribution in [1.29, 1.82) is 0 Å². The zero-order chi connectivity index (χ0) is 19.1. The number of thiocarbonyl (C=S) groups is 1. The molecule has 0 radical (unpaired) electrons. The summed E-state index contributed by atoms with van der Waals surface area (Å²) >= 11 is 7.00. The minimum atomic E-state index is -0.368. The van der Waals surface area contributed by atoms with E-state index in [9.17, 15) is 4.79 Å². The van der Waals surface area contributed by atoms with Gasteiger partial charge in [-0.25, -0.2) is 4.79 Å². The van der Waals surface area contributed by atoms with E-state index >= 15 is 0 Å². The first kappa shape index (κ1) is 19.1. The third-order valence-corrected chi connectivity index (χ3v) is 5.25. The summed E-state index contributed by atoms with van der Waals surface area (Å²) in [4.78, 5) is 14.5. The average molecular weight is 397 g/mol. The van der Waals surface area contributed by atoms with Gasteiger partial charge in [0.2, 0.25) is 0 Å². The second-order valence-electron chi connectivity index (χ2n) is 5.91. The molecule has 0 spiro atoms. The van der Waals surface area contributed by atoms with Crippen LogP contribution in [0.4, 0.5) is 5.69 Å². The van der Waals surface area contributed by atoms with Crippen molar-refractivity contribution in [3.8, 4) is 0 Å². The number of carbonyl (C=O) groups excluding carboxylic acids is 1. The number of nitrogens with zero attached hydrogens (tertiary/aromatic N) is 1. The largest absolute Gasteiger partial charge is 0.465 e. The predicted octanol–water partition coefficient (Wildman–Crippen LogP) is 4.93. The summed E-state index contributed by atoms with van der Waals surface area (Å²) in [5.74, 6) is -0.368. The Morgan fingerprint density at radius 3 is 2.07 bits per heavy atom. The minimum absolute atomic E-state index is 0.368. The standard InChI is InChI=1S/C21H20N2O2S2/c1-25-20(24)19-18(12-13-27-19)22-21(26)23(14-16-8-4-2-5-9-16)15-17-10-6-3-7-11-17/h2-13H,14-15H2,1H3,(H,22,26). The van der Waals surface area contributed by atoms with Crippen LogP contribution in [0.2, 0.25) is 0 Å². The zero-order valence-corrected chi connectivity index (χ0v) is 16.6. The normalized spacial score (nSPS) is 10.3. The number of nitrogens with one attached hydrogen (secondary N) is 1. The topological polar surface area (TPSA) is 41.6 Å². The summed E-state index contributed by atoms with van der Waals surface area (Å²) in [6.45, 7) is 1.33. The van der Waals surface area contributed by atoms with Crippen molar-refractivity contribution < 1.29 is 9.53 Å². The van der Waals surface area contributed by atoms with Gasteiger partial charge in [0.05, 0.1) is 12.8 Å². The molecule has 3 rings (SSSR count).